The predicted molar refractivity (Wildman–Crippen MR) is 77.7 cm³/mol. The van der Waals surface area contributed by atoms with Crippen LogP contribution in [0.4, 0.5) is 13.2 Å². The predicted octanol–water partition coefficient (Wildman–Crippen LogP) is 4.26. The van der Waals surface area contributed by atoms with Crippen LogP contribution in [-0.4, -0.2) is 23.6 Å². The van der Waals surface area contributed by atoms with Gasteiger partial charge in [0.15, 0.2) is 13.2 Å². The molecule has 22 heavy (non-hydrogen) atoms. The lowest BCUT2D eigenvalue weighted by atomic mass is 9.85. The molecular weight excluding hydrogens is 291 g/mol. The summed E-state index contributed by atoms with van der Waals surface area (Å²) in [6.07, 6.45) is 5.23. The molecule has 0 spiro atoms. The summed E-state index contributed by atoms with van der Waals surface area (Å²) in [4.78, 5) is 5.87. The van der Waals surface area contributed by atoms with Crippen LogP contribution in [0.25, 0.3) is 0 Å². The summed E-state index contributed by atoms with van der Waals surface area (Å²) in [5.74, 6) is -3.62. The Balaban J connectivity index is 2.08. The summed E-state index contributed by atoms with van der Waals surface area (Å²) in [5, 5.41) is 0. The van der Waals surface area contributed by atoms with E-state index in [1.54, 1.807) is 11.8 Å². The fourth-order valence-corrected chi connectivity index (χ4v) is 3.68. The van der Waals surface area contributed by atoms with Crippen molar-refractivity contribution in [2.24, 2.45) is 5.92 Å². The SMILES string of the molecule is C[N+]1=C(c2ccc(F)cc2C(C)(F)F)C2CCCCCC2O1. The Morgan fingerprint density at radius 1 is 1.18 bits per heavy atom. The smallest absolute Gasteiger partial charge is 0.271 e. The molecule has 1 aromatic rings. The molecule has 0 saturated heterocycles. The molecule has 2 aliphatic rings. The molecule has 0 radical (unpaired) electrons. The first-order valence-corrected chi connectivity index (χ1v) is 7.83. The quantitative estimate of drug-likeness (QED) is 0.743. The molecule has 1 aromatic carbocycles. The Hall–Kier alpha value is -1.52. The highest BCUT2D eigenvalue weighted by atomic mass is 19.3. The van der Waals surface area contributed by atoms with E-state index in [1.807, 2.05) is 0 Å². The molecular formula is C17H21F3NO+. The maximum absolute atomic E-state index is 13.9. The van der Waals surface area contributed by atoms with Crippen LogP contribution in [0.5, 0.6) is 0 Å². The van der Waals surface area contributed by atoms with Gasteiger partial charge in [0.2, 0.25) is 5.71 Å². The van der Waals surface area contributed by atoms with Crippen molar-refractivity contribution in [1.82, 2.24) is 0 Å². The first-order valence-electron chi connectivity index (χ1n) is 7.83. The minimum absolute atomic E-state index is 0.0471. The molecule has 5 heteroatoms. The van der Waals surface area contributed by atoms with E-state index in [9.17, 15) is 13.2 Å². The van der Waals surface area contributed by atoms with Crippen LogP contribution >= 0.6 is 0 Å². The van der Waals surface area contributed by atoms with Crippen molar-refractivity contribution >= 4 is 5.71 Å². The molecule has 1 aliphatic carbocycles. The maximum atomic E-state index is 13.9. The number of hydrogen-bond acceptors (Lipinski definition) is 1. The molecule has 0 aromatic heterocycles. The van der Waals surface area contributed by atoms with Crippen LogP contribution < -0.4 is 0 Å². The molecule has 120 valence electrons. The van der Waals surface area contributed by atoms with Crippen molar-refractivity contribution in [2.45, 2.75) is 51.1 Å². The first kappa shape index (κ1) is 15.4. The zero-order valence-corrected chi connectivity index (χ0v) is 12.9. The van der Waals surface area contributed by atoms with Crippen molar-refractivity contribution in [1.29, 1.82) is 0 Å². The Bertz CT molecular complexity index is 606. The summed E-state index contributed by atoms with van der Waals surface area (Å²) in [6, 6.07) is 3.65. The summed E-state index contributed by atoms with van der Waals surface area (Å²) < 4.78 is 43.0. The zero-order chi connectivity index (χ0) is 15.9. The number of hydrogen-bond donors (Lipinski definition) is 0. The van der Waals surface area contributed by atoms with Gasteiger partial charge in [-0.05, 0) is 42.2 Å². The molecule has 2 nitrogen and oxygen atoms in total. The van der Waals surface area contributed by atoms with E-state index in [2.05, 4.69) is 0 Å². The van der Waals surface area contributed by atoms with Gasteiger partial charge in [-0.3, -0.25) is 4.84 Å². The first-order chi connectivity index (χ1) is 10.4. The number of benzene rings is 1. The average molecular weight is 312 g/mol. The monoisotopic (exact) mass is 312 g/mol. The Morgan fingerprint density at radius 2 is 1.91 bits per heavy atom. The lowest BCUT2D eigenvalue weighted by Crippen LogP contribution is -2.26. The molecule has 2 atom stereocenters. The van der Waals surface area contributed by atoms with E-state index in [0.717, 1.165) is 50.8 Å². The highest BCUT2D eigenvalue weighted by molar-refractivity contribution is 6.00. The number of nitrogens with zero attached hydrogens (tertiary/aromatic N) is 1. The van der Waals surface area contributed by atoms with Gasteiger partial charge in [0.1, 0.15) is 5.82 Å². The van der Waals surface area contributed by atoms with Crippen molar-refractivity contribution in [3.8, 4) is 0 Å². The number of hydroxylamine groups is 1. The second kappa shape index (κ2) is 5.60. The minimum atomic E-state index is -3.09. The average Bonchev–Trinajstić information content (AvgIpc) is 2.60. The number of alkyl halides is 2. The minimum Gasteiger partial charge on any atom is -0.273 e. The summed E-state index contributed by atoms with van der Waals surface area (Å²) in [5.41, 5.74) is 0.914. The number of fused-ring (bicyclic) bond motifs is 1. The summed E-state index contributed by atoms with van der Waals surface area (Å²) >= 11 is 0. The van der Waals surface area contributed by atoms with Gasteiger partial charge in [0.05, 0.1) is 11.5 Å². The zero-order valence-electron chi connectivity index (χ0n) is 12.9. The van der Waals surface area contributed by atoms with Gasteiger partial charge in [-0.15, -0.1) is 0 Å². The van der Waals surface area contributed by atoms with Crippen LogP contribution in [0.2, 0.25) is 0 Å². The summed E-state index contributed by atoms with van der Waals surface area (Å²) in [6.45, 7) is 0.812. The van der Waals surface area contributed by atoms with Crippen LogP contribution in [0.3, 0.4) is 0 Å². The standard InChI is InChI=1S/C17H21F3NO/c1-17(19,20)14-10-11(18)8-9-12(14)16-13-6-4-3-5-7-15(13)22-21(16)2/h8-10,13,15H,3-7H2,1-2H3/q+1. The van der Waals surface area contributed by atoms with E-state index in [1.165, 1.54) is 12.1 Å². The Kier molecular flexibility index (Phi) is 3.91. The van der Waals surface area contributed by atoms with Gasteiger partial charge in [0.25, 0.3) is 5.92 Å². The van der Waals surface area contributed by atoms with E-state index in [4.69, 9.17) is 4.84 Å². The topological polar surface area (TPSA) is 12.2 Å². The molecule has 1 fully saturated rings. The number of halogens is 3. The van der Waals surface area contributed by atoms with Crippen LogP contribution in [0.1, 0.15) is 50.2 Å². The van der Waals surface area contributed by atoms with Crippen LogP contribution in [-0.2, 0) is 10.8 Å². The molecule has 1 aliphatic heterocycles. The third-order valence-electron chi connectivity index (χ3n) is 4.67. The molecule has 2 unspecified atom stereocenters. The van der Waals surface area contributed by atoms with Crippen molar-refractivity contribution in [3.63, 3.8) is 0 Å². The van der Waals surface area contributed by atoms with Gasteiger partial charge in [0, 0.05) is 12.5 Å². The molecule has 0 amide bonds. The second-order valence-corrected chi connectivity index (χ2v) is 6.35. The van der Waals surface area contributed by atoms with Gasteiger partial charge in [-0.2, -0.15) is 0 Å². The lowest BCUT2D eigenvalue weighted by Gasteiger charge is -2.16. The molecule has 0 bridgehead atoms. The van der Waals surface area contributed by atoms with Crippen LogP contribution in [0.15, 0.2) is 18.2 Å². The Labute approximate surface area is 128 Å². The number of rotatable bonds is 2. The third-order valence-corrected chi connectivity index (χ3v) is 4.67. The fraction of sp³-hybridized carbons (Fsp3) is 0.588. The fourth-order valence-electron chi connectivity index (χ4n) is 3.68. The maximum Gasteiger partial charge on any atom is 0.271 e. The van der Waals surface area contributed by atoms with Gasteiger partial charge in [-0.25, -0.2) is 13.2 Å². The second-order valence-electron chi connectivity index (χ2n) is 6.35. The van der Waals surface area contributed by atoms with E-state index in [-0.39, 0.29) is 17.6 Å². The van der Waals surface area contributed by atoms with Crippen LogP contribution in [0, 0.1) is 11.7 Å². The molecule has 3 rings (SSSR count). The molecule has 0 N–H and O–H groups in total. The van der Waals surface area contributed by atoms with Crippen molar-refractivity contribution < 1.29 is 22.7 Å². The van der Waals surface area contributed by atoms with Gasteiger partial charge in [-0.1, -0.05) is 12.8 Å². The third kappa shape index (κ3) is 2.73. The molecule has 1 heterocycles. The lowest BCUT2D eigenvalue weighted by molar-refractivity contribution is -0.767. The summed E-state index contributed by atoms with van der Waals surface area (Å²) in [7, 11) is 1.75. The molecule has 1 saturated carbocycles. The largest absolute Gasteiger partial charge is 0.273 e. The highest BCUT2D eigenvalue weighted by Crippen LogP contribution is 2.37. The van der Waals surface area contributed by atoms with Crippen molar-refractivity contribution in [2.75, 3.05) is 7.05 Å². The highest BCUT2D eigenvalue weighted by Gasteiger charge is 2.46. The van der Waals surface area contributed by atoms with E-state index >= 15 is 0 Å². The van der Waals surface area contributed by atoms with E-state index in [0.29, 0.717) is 5.56 Å². The van der Waals surface area contributed by atoms with E-state index < -0.39 is 11.7 Å². The Morgan fingerprint density at radius 3 is 2.64 bits per heavy atom. The van der Waals surface area contributed by atoms with Gasteiger partial charge >= 0.3 is 0 Å². The normalized spacial score (nSPS) is 25.7. The van der Waals surface area contributed by atoms with Crippen molar-refractivity contribution in [3.05, 3.63) is 35.1 Å². The van der Waals surface area contributed by atoms with Gasteiger partial charge < -0.3 is 0 Å².